The highest BCUT2D eigenvalue weighted by Gasteiger charge is 2.45. The molecule has 0 saturated carbocycles. The molecule has 1 fully saturated rings. The minimum Gasteiger partial charge on any atom is -0.507 e. The lowest BCUT2D eigenvalue weighted by molar-refractivity contribution is -0.139. The first-order valence-corrected chi connectivity index (χ1v) is 10.3. The summed E-state index contributed by atoms with van der Waals surface area (Å²) in [5.41, 5.74) is 3.60. The molecule has 4 rings (SSSR count). The Labute approximate surface area is 181 Å². The van der Waals surface area contributed by atoms with E-state index in [4.69, 9.17) is 0 Å². The van der Waals surface area contributed by atoms with Gasteiger partial charge in [-0.3, -0.25) is 9.59 Å². The number of ketones is 1. The van der Waals surface area contributed by atoms with Gasteiger partial charge >= 0.3 is 0 Å². The molecule has 6 heteroatoms. The predicted octanol–water partition coefficient (Wildman–Crippen LogP) is 4.01. The van der Waals surface area contributed by atoms with Crippen LogP contribution in [0.5, 0.6) is 0 Å². The van der Waals surface area contributed by atoms with Crippen LogP contribution in [0.25, 0.3) is 5.76 Å². The van der Waals surface area contributed by atoms with Gasteiger partial charge in [-0.15, -0.1) is 0 Å². The molecule has 2 heterocycles. The lowest BCUT2D eigenvalue weighted by atomic mass is 9.94. The molecule has 3 aromatic rings. The summed E-state index contributed by atoms with van der Waals surface area (Å²) in [7, 11) is 0. The van der Waals surface area contributed by atoms with Gasteiger partial charge in [0.25, 0.3) is 11.7 Å². The normalized spacial score (nSPS) is 18.0. The molecule has 1 aromatic heterocycles. The molecule has 1 atom stereocenters. The monoisotopic (exact) mass is 415 g/mol. The van der Waals surface area contributed by atoms with Gasteiger partial charge in [0, 0.05) is 31.0 Å². The Hall–Kier alpha value is -3.67. The minimum atomic E-state index is -0.647. The molecule has 1 amide bonds. The number of hydrogen-bond acceptors (Lipinski definition) is 4. The quantitative estimate of drug-likeness (QED) is 0.375. The Kier molecular flexibility index (Phi) is 5.71. The van der Waals surface area contributed by atoms with E-state index in [-0.39, 0.29) is 11.3 Å². The number of nitrogens with zero attached hydrogens (tertiary/aromatic N) is 3. The Morgan fingerprint density at radius 2 is 1.61 bits per heavy atom. The van der Waals surface area contributed by atoms with Gasteiger partial charge in [0.1, 0.15) is 5.76 Å². The van der Waals surface area contributed by atoms with Crippen LogP contribution in [-0.2, 0) is 16.1 Å². The third kappa shape index (κ3) is 4.14. The second kappa shape index (κ2) is 8.60. The highest BCUT2D eigenvalue weighted by molar-refractivity contribution is 6.46. The van der Waals surface area contributed by atoms with Crippen molar-refractivity contribution in [2.45, 2.75) is 32.9 Å². The average molecular weight is 415 g/mol. The van der Waals surface area contributed by atoms with Gasteiger partial charge in [-0.05, 0) is 25.8 Å². The second-order valence-corrected chi connectivity index (χ2v) is 7.92. The number of amides is 1. The summed E-state index contributed by atoms with van der Waals surface area (Å²) in [6.45, 7) is 5.01. The summed E-state index contributed by atoms with van der Waals surface area (Å²) < 4.78 is 1.93. The van der Waals surface area contributed by atoms with E-state index in [1.165, 1.54) is 0 Å². The van der Waals surface area contributed by atoms with E-state index in [9.17, 15) is 14.7 Å². The van der Waals surface area contributed by atoms with Gasteiger partial charge in [0.15, 0.2) is 0 Å². The number of benzene rings is 2. The largest absolute Gasteiger partial charge is 0.507 e. The third-order valence-electron chi connectivity index (χ3n) is 5.63. The number of aliphatic hydroxyl groups excluding tert-OH is 1. The molecule has 1 aliphatic heterocycles. The molecule has 1 saturated heterocycles. The van der Waals surface area contributed by atoms with Crippen LogP contribution in [0.15, 0.2) is 72.8 Å². The maximum Gasteiger partial charge on any atom is 0.295 e. The molecule has 0 unspecified atom stereocenters. The number of aromatic nitrogens is 2. The van der Waals surface area contributed by atoms with Crippen LogP contribution >= 0.6 is 0 Å². The number of imidazole rings is 1. The summed E-state index contributed by atoms with van der Waals surface area (Å²) in [6.07, 6.45) is 5.96. The zero-order valence-corrected chi connectivity index (χ0v) is 17.7. The van der Waals surface area contributed by atoms with Crippen molar-refractivity contribution in [1.82, 2.24) is 14.5 Å². The predicted molar refractivity (Wildman–Crippen MR) is 118 cm³/mol. The van der Waals surface area contributed by atoms with Crippen molar-refractivity contribution in [3.8, 4) is 0 Å². The van der Waals surface area contributed by atoms with E-state index in [2.05, 4.69) is 4.98 Å². The highest BCUT2D eigenvalue weighted by Crippen LogP contribution is 2.39. The Morgan fingerprint density at radius 3 is 2.23 bits per heavy atom. The maximum atomic E-state index is 13.0. The Bertz CT molecular complexity index is 1110. The number of carbonyl (C=O) groups is 2. The van der Waals surface area contributed by atoms with Gasteiger partial charge in [-0.1, -0.05) is 59.7 Å². The Morgan fingerprint density at radius 1 is 0.968 bits per heavy atom. The topological polar surface area (TPSA) is 75.4 Å². The third-order valence-corrected chi connectivity index (χ3v) is 5.63. The van der Waals surface area contributed by atoms with E-state index in [0.717, 1.165) is 16.7 Å². The van der Waals surface area contributed by atoms with Crippen molar-refractivity contribution in [2.75, 3.05) is 6.54 Å². The number of Topliss-reactive ketones (excluding diaryl/α,β-unsaturated/α-hetero) is 1. The first kappa shape index (κ1) is 20.6. The molecular formula is C25H25N3O3. The van der Waals surface area contributed by atoms with E-state index >= 15 is 0 Å². The molecule has 1 aliphatic rings. The Balaban J connectivity index is 1.72. The molecule has 2 aromatic carbocycles. The molecule has 0 spiro atoms. The molecular weight excluding hydrogens is 390 g/mol. The summed E-state index contributed by atoms with van der Waals surface area (Å²) in [6, 6.07) is 14.4. The molecule has 0 radical (unpaired) electrons. The number of rotatable bonds is 6. The van der Waals surface area contributed by atoms with E-state index in [1.807, 2.05) is 61.0 Å². The molecule has 6 nitrogen and oxygen atoms in total. The number of aliphatic hydroxyl groups is 1. The summed E-state index contributed by atoms with van der Waals surface area (Å²) in [5, 5.41) is 11.0. The fourth-order valence-corrected chi connectivity index (χ4v) is 3.92. The second-order valence-electron chi connectivity index (χ2n) is 7.92. The van der Waals surface area contributed by atoms with Crippen molar-refractivity contribution in [3.05, 3.63) is 95.1 Å². The lowest BCUT2D eigenvalue weighted by Gasteiger charge is -2.25. The highest BCUT2D eigenvalue weighted by atomic mass is 16.3. The van der Waals surface area contributed by atoms with E-state index in [1.54, 1.807) is 29.6 Å². The van der Waals surface area contributed by atoms with Crippen LogP contribution in [0.3, 0.4) is 0 Å². The number of carbonyl (C=O) groups excluding carboxylic acids is 2. The van der Waals surface area contributed by atoms with Crippen molar-refractivity contribution in [2.24, 2.45) is 0 Å². The first-order chi connectivity index (χ1) is 15.0. The lowest BCUT2D eigenvalue weighted by Crippen LogP contribution is -2.31. The number of hydrogen-bond donors (Lipinski definition) is 1. The minimum absolute atomic E-state index is 0.138. The number of aryl methyl sites for hydroxylation is 3. The van der Waals surface area contributed by atoms with Crippen LogP contribution in [0.2, 0.25) is 0 Å². The number of likely N-dealkylation sites (tertiary alicyclic amines) is 1. The first-order valence-electron chi connectivity index (χ1n) is 10.3. The van der Waals surface area contributed by atoms with Crippen molar-refractivity contribution in [1.29, 1.82) is 0 Å². The molecule has 1 N–H and O–H groups in total. The maximum absolute atomic E-state index is 13.0. The van der Waals surface area contributed by atoms with Crippen molar-refractivity contribution in [3.63, 3.8) is 0 Å². The average Bonchev–Trinajstić information content (AvgIpc) is 3.37. The van der Waals surface area contributed by atoms with Gasteiger partial charge in [-0.2, -0.15) is 0 Å². The summed E-state index contributed by atoms with van der Waals surface area (Å²) in [5.74, 6) is -1.36. The van der Waals surface area contributed by atoms with Crippen LogP contribution in [-0.4, -0.2) is 37.8 Å². The summed E-state index contributed by atoms with van der Waals surface area (Å²) >= 11 is 0. The molecule has 158 valence electrons. The fraction of sp³-hybridized carbons (Fsp3) is 0.240. The zero-order valence-electron chi connectivity index (χ0n) is 17.7. The standard InChI is InChI=1S/C25H25N3O3/c1-17-4-8-19(9-5-17)22-21(23(29)20-10-6-18(2)7-11-20)24(30)25(31)28(22)14-3-13-27-15-12-26-16-27/h4-12,15-16,22,29H,3,13-14H2,1-2H3/t22-/m1/s1. The van der Waals surface area contributed by atoms with Crippen LogP contribution < -0.4 is 0 Å². The van der Waals surface area contributed by atoms with Crippen molar-refractivity contribution >= 4 is 17.4 Å². The van der Waals surface area contributed by atoms with Gasteiger partial charge < -0.3 is 14.6 Å². The fourth-order valence-electron chi connectivity index (χ4n) is 3.92. The molecule has 0 aliphatic carbocycles. The summed E-state index contributed by atoms with van der Waals surface area (Å²) in [4.78, 5) is 31.6. The SMILES string of the molecule is Cc1ccc(C(O)=C2C(=O)C(=O)N(CCCn3ccnc3)[C@@H]2c2ccc(C)cc2)cc1. The van der Waals surface area contributed by atoms with E-state index in [0.29, 0.717) is 25.1 Å². The van der Waals surface area contributed by atoms with Crippen LogP contribution in [0.4, 0.5) is 0 Å². The van der Waals surface area contributed by atoms with Gasteiger partial charge in [-0.25, -0.2) is 4.98 Å². The smallest absolute Gasteiger partial charge is 0.295 e. The van der Waals surface area contributed by atoms with Gasteiger partial charge in [0.2, 0.25) is 0 Å². The van der Waals surface area contributed by atoms with Crippen molar-refractivity contribution < 1.29 is 14.7 Å². The van der Waals surface area contributed by atoms with Gasteiger partial charge in [0.05, 0.1) is 17.9 Å². The van der Waals surface area contributed by atoms with E-state index < -0.39 is 17.7 Å². The molecule has 31 heavy (non-hydrogen) atoms. The van der Waals surface area contributed by atoms with Crippen LogP contribution in [0.1, 0.15) is 34.7 Å². The zero-order chi connectivity index (χ0) is 22.0. The molecule has 0 bridgehead atoms. The van der Waals surface area contributed by atoms with Crippen LogP contribution in [0, 0.1) is 13.8 Å².